The molecular formula is C13H18BrNOS. The Bertz CT molecular complexity index is 385. The minimum atomic E-state index is 0.244. The van der Waals surface area contributed by atoms with Crippen LogP contribution >= 0.6 is 27.3 Å². The molecule has 0 radical (unpaired) electrons. The van der Waals surface area contributed by atoms with Crippen LogP contribution in [0.25, 0.3) is 0 Å². The van der Waals surface area contributed by atoms with Gasteiger partial charge in [-0.1, -0.05) is 19.3 Å². The molecule has 2 nitrogen and oxygen atoms in total. The van der Waals surface area contributed by atoms with Gasteiger partial charge in [0.2, 0.25) is 0 Å². The molecule has 1 fully saturated rings. The Morgan fingerprint density at radius 2 is 2.12 bits per heavy atom. The zero-order valence-corrected chi connectivity index (χ0v) is 12.5. The molecule has 4 heteroatoms. The molecule has 1 aromatic heterocycles. The zero-order valence-electron chi connectivity index (χ0n) is 10.1. The van der Waals surface area contributed by atoms with Crippen molar-refractivity contribution in [3.63, 3.8) is 0 Å². The van der Waals surface area contributed by atoms with Crippen LogP contribution in [0.4, 0.5) is 0 Å². The van der Waals surface area contributed by atoms with Crippen LogP contribution in [0, 0.1) is 0 Å². The monoisotopic (exact) mass is 315 g/mol. The third kappa shape index (κ3) is 3.63. The zero-order chi connectivity index (χ0) is 12.3. The third-order valence-corrected chi connectivity index (χ3v) is 5.10. The first-order chi connectivity index (χ1) is 8.16. The summed E-state index contributed by atoms with van der Waals surface area (Å²) in [5, 5.41) is 0. The van der Waals surface area contributed by atoms with Gasteiger partial charge in [0.25, 0.3) is 0 Å². The van der Waals surface area contributed by atoms with Gasteiger partial charge in [-0.3, -0.25) is 9.69 Å². The second-order valence-electron chi connectivity index (χ2n) is 4.73. The quantitative estimate of drug-likeness (QED) is 0.784. The summed E-state index contributed by atoms with van der Waals surface area (Å²) in [5.74, 6) is 0.244. The Morgan fingerprint density at radius 1 is 1.41 bits per heavy atom. The number of halogens is 1. The molecule has 1 aliphatic carbocycles. The third-order valence-electron chi connectivity index (χ3n) is 3.44. The van der Waals surface area contributed by atoms with Crippen LogP contribution in [-0.2, 0) is 0 Å². The first-order valence-corrected chi connectivity index (χ1v) is 7.76. The second kappa shape index (κ2) is 6.12. The molecule has 1 aromatic rings. The lowest BCUT2D eigenvalue weighted by Gasteiger charge is -2.30. The molecular weight excluding hydrogens is 298 g/mol. The lowest BCUT2D eigenvalue weighted by atomic mass is 9.94. The van der Waals surface area contributed by atoms with E-state index in [0.29, 0.717) is 12.6 Å². The molecule has 0 unspecified atom stereocenters. The van der Waals surface area contributed by atoms with Crippen molar-refractivity contribution in [1.82, 2.24) is 4.90 Å². The molecule has 0 atom stereocenters. The minimum absolute atomic E-state index is 0.244. The lowest BCUT2D eigenvalue weighted by molar-refractivity contribution is 0.0903. The van der Waals surface area contributed by atoms with Gasteiger partial charge in [0.1, 0.15) is 0 Å². The number of carbonyl (C=O) groups excluding carboxylic acids is 1. The average molecular weight is 316 g/mol. The van der Waals surface area contributed by atoms with Crippen molar-refractivity contribution < 1.29 is 4.79 Å². The molecule has 94 valence electrons. The number of hydrogen-bond donors (Lipinski definition) is 0. The summed E-state index contributed by atoms with van der Waals surface area (Å²) in [7, 11) is 2.08. The van der Waals surface area contributed by atoms with E-state index in [-0.39, 0.29) is 5.78 Å². The maximum Gasteiger partial charge on any atom is 0.186 e. The van der Waals surface area contributed by atoms with Crippen LogP contribution in [0.2, 0.25) is 0 Å². The minimum Gasteiger partial charge on any atom is -0.296 e. The summed E-state index contributed by atoms with van der Waals surface area (Å²) < 4.78 is 1.03. The summed E-state index contributed by atoms with van der Waals surface area (Å²) >= 11 is 4.92. The smallest absolute Gasteiger partial charge is 0.186 e. The normalized spacial score (nSPS) is 17.6. The van der Waals surface area contributed by atoms with Gasteiger partial charge in [0, 0.05) is 6.04 Å². The fourth-order valence-corrected chi connectivity index (χ4v) is 3.74. The van der Waals surface area contributed by atoms with E-state index in [1.165, 1.54) is 43.4 Å². The second-order valence-corrected chi connectivity index (χ2v) is 7.20. The van der Waals surface area contributed by atoms with Crippen molar-refractivity contribution in [3.8, 4) is 0 Å². The van der Waals surface area contributed by atoms with Gasteiger partial charge in [-0.25, -0.2) is 0 Å². The highest BCUT2D eigenvalue weighted by molar-refractivity contribution is 9.11. The summed E-state index contributed by atoms with van der Waals surface area (Å²) in [5.41, 5.74) is 0. The number of nitrogens with zero attached hydrogens (tertiary/aromatic N) is 1. The largest absolute Gasteiger partial charge is 0.296 e. The van der Waals surface area contributed by atoms with Crippen molar-refractivity contribution in [2.24, 2.45) is 0 Å². The van der Waals surface area contributed by atoms with Gasteiger partial charge >= 0.3 is 0 Å². The number of Topliss-reactive ketones (excluding diaryl/α,β-unsaturated/α-hetero) is 1. The number of likely N-dealkylation sites (N-methyl/N-ethyl adjacent to an activating group) is 1. The van der Waals surface area contributed by atoms with E-state index in [2.05, 4.69) is 27.9 Å². The van der Waals surface area contributed by atoms with Gasteiger partial charge in [-0.05, 0) is 48.0 Å². The number of ketones is 1. The Kier molecular flexibility index (Phi) is 4.77. The van der Waals surface area contributed by atoms with E-state index in [1.54, 1.807) is 0 Å². The van der Waals surface area contributed by atoms with Crippen molar-refractivity contribution in [2.75, 3.05) is 13.6 Å². The standard InChI is InChI=1S/C13H18BrNOS/c1-15(10-5-3-2-4-6-10)9-11(16)12-7-8-13(14)17-12/h7-8,10H,2-6,9H2,1H3. The lowest BCUT2D eigenvalue weighted by Crippen LogP contribution is -2.37. The Morgan fingerprint density at radius 3 is 2.71 bits per heavy atom. The van der Waals surface area contributed by atoms with Crippen molar-refractivity contribution in [1.29, 1.82) is 0 Å². The number of carbonyl (C=O) groups is 1. The molecule has 0 aromatic carbocycles. The Hall–Kier alpha value is -0.190. The fraction of sp³-hybridized carbons (Fsp3) is 0.615. The summed E-state index contributed by atoms with van der Waals surface area (Å²) in [4.78, 5) is 15.2. The molecule has 1 aliphatic rings. The van der Waals surface area contributed by atoms with Gasteiger partial charge in [0.15, 0.2) is 5.78 Å². The van der Waals surface area contributed by atoms with Crippen LogP contribution in [0.5, 0.6) is 0 Å². The SMILES string of the molecule is CN(CC(=O)c1ccc(Br)s1)C1CCCCC1. The van der Waals surface area contributed by atoms with Crippen LogP contribution < -0.4 is 0 Å². The highest BCUT2D eigenvalue weighted by atomic mass is 79.9. The molecule has 1 heterocycles. The van der Waals surface area contributed by atoms with Crippen molar-refractivity contribution >= 4 is 33.0 Å². The topological polar surface area (TPSA) is 20.3 Å². The van der Waals surface area contributed by atoms with Crippen LogP contribution in [0.15, 0.2) is 15.9 Å². The van der Waals surface area contributed by atoms with Crippen molar-refractivity contribution in [2.45, 2.75) is 38.1 Å². The summed E-state index contributed by atoms with van der Waals surface area (Å²) in [6, 6.07) is 4.46. The maximum absolute atomic E-state index is 12.1. The van der Waals surface area contributed by atoms with Gasteiger partial charge < -0.3 is 0 Å². The van der Waals surface area contributed by atoms with Crippen LogP contribution in [-0.4, -0.2) is 30.3 Å². The highest BCUT2D eigenvalue weighted by Crippen LogP contribution is 2.24. The van der Waals surface area contributed by atoms with Gasteiger partial charge in [0.05, 0.1) is 15.2 Å². The van der Waals surface area contributed by atoms with Gasteiger partial charge in [-0.15, -0.1) is 11.3 Å². The molecule has 17 heavy (non-hydrogen) atoms. The summed E-state index contributed by atoms with van der Waals surface area (Å²) in [6.07, 6.45) is 6.48. The summed E-state index contributed by atoms with van der Waals surface area (Å²) in [6.45, 7) is 0.553. The molecule has 0 aliphatic heterocycles. The van der Waals surface area contributed by atoms with E-state index < -0.39 is 0 Å². The molecule has 0 saturated heterocycles. The molecule has 1 saturated carbocycles. The molecule has 0 spiro atoms. The van der Waals surface area contributed by atoms with E-state index in [1.807, 2.05) is 12.1 Å². The molecule has 0 N–H and O–H groups in total. The average Bonchev–Trinajstić information content (AvgIpc) is 2.77. The molecule has 2 rings (SSSR count). The first kappa shape index (κ1) is 13.2. The molecule has 0 bridgehead atoms. The number of thiophene rings is 1. The van der Waals surface area contributed by atoms with E-state index in [9.17, 15) is 4.79 Å². The fourth-order valence-electron chi connectivity index (χ4n) is 2.42. The van der Waals surface area contributed by atoms with Crippen LogP contribution in [0.1, 0.15) is 41.8 Å². The maximum atomic E-state index is 12.1. The Balaban J connectivity index is 1.89. The number of rotatable bonds is 4. The highest BCUT2D eigenvalue weighted by Gasteiger charge is 2.20. The Labute approximate surface area is 115 Å². The number of hydrogen-bond acceptors (Lipinski definition) is 3. The van der Waals surface area contributed by atoms with Gasteiger partial charge in [-0.2, -0.15) is 0 Å². The van der Waals surface area contributed by atoms with Crippen LogP contribution in [0.3, 0.4) is 0 Å². The first-order valence-electron chi connectivity index (χ1n) is 6.15. The van der Waals surface area contributed by atoms with E-state index in [4.69, 9.17) is 0 Å². The van der Waals surface area contributed by atoms with Crippen molar-refractivity contribution in [3.05, 3.63) is 20.8 Å². The predicted molar refractivity (Wildman–Crippen MR) is 75.9 cm³/mol. The van der Waals surface area contributed by atoms with E-state index >= 15 is 0 Å². The van der Waals surface area contributed by atoms with E-state index in [0.717, 1.165) is 8.66 Å². The molecule has 0 amide bonds. The predicted octanol–water partition coefficient (Wildman–Crippen LogP) is 3.96.